The van der Waals surface area contributed by atoms with Gasteiger partial charge >= 0.3 is 0 Å². The van der Waals surface area contributed by atoms with Gasteiger partial charge in [-0.2, -0.15) is 0 Å². The largest absolute Gasteiger partial charge is 0.491 e. The number of para-hydroxylation sites is 1. The predicted molar refractivity (Wildman–Crippen MR) is 93.7 cm³/mol. The number of aryl methyl sites for hydroxylation is 1. The van der Waals surface area contributed by atoms with Crippen LogP contribution in [0.3, 0.4) is 0 Å². The summed E-state index contributed by atoms with van der Waals surface area (Å²) in [4.78, 5) is 16.3. The molecule has 1 amide bonds. The molecule has 0 radical (unpaired) electrons. The molecule has 2 aromatic rings. The average Bonchev–Trinajstić information content (AvgIpc) is 3.07. The second-order valence-electron chi connectivity index (χ2n) is 6.28. The molecule has 1 atom stereocenters. The first-order chi connectivity index (χ1) is 12.1. The second-order valence-corrected chi connectivity index (χ2v) is 6.28. The molecule has 134 valence electrons. The van der Waals surface area contributed by atoms with Crippen LogP contribution in [0.1, 0.15) is 16.3 Å². The van der Waals surface area contributed by atoms with Crippen molar-refractivity contribution in [3.05, 3.63) is 54.0 Å². The van der Waals surface area contributed by atoms with Crippen LogP contribution in [0.5, 0.6) is 5.75 Å². The fraction of sp³-hybridized carbons (Fsp3) is 0.421. The average molecular weight is 344 g/mol. The van der Waals surface area contributed by atoms with E-state index >= 15 is 0 Å². The Labute approximate surface area is 147 Å². The Morgan fingerprint density at radius 1 is 1.16 bits per heavy atom. The zero-order chi connectivity index (χ0) is 17.6. The topological polar surface area (TPSA) is 66.2 Å². The number of piperazine rings is 1. The monoisotopic (exact) mass is 344 g/mol. The Balaban J connectivity index is 1.40. The van der Waals surface area contributed by atoms with Crippen LogP contribution in [-0.2, 0) is 0 Å². The lowest BCUT2D eigenvalue weighted by atomic mass is 10.2. The molecule has 2 heterocycles. The van der Waals surface area contributed by atoms with E-state index in [0.717, 1.165) is 24.6 Å². The maximum absolute atomic E-state index is 12.3. The van der Waals surface area contributed by atoms with Gasteiger partial charge in [-0.1, -0.05) is 18.2 Å². The van der Waals surface area contributed by atoms with Crippen molar-refractivity contribution in [2.75, 3.05) is 39.3 Å². The summed E-state index contributed by atoms with van der Waals surface area (Å²) in [5.41, 5.74) is 0. The van der Waals surface area contributed by atoms with Gasteiger partial charge in [0.05, 0.1) is 0 Å². The standard InChI is InChI=1S/C19H24N2O4/c1-15-7-8-18(25-15)19(23)21-11-9-20(10-12-21)13-16(22)14-24-17-5-3-2-4-6-17/h2-8,16,22H,9-14H2,1H3. The molecule has 6 nitrogen and oxygen atoms in total. The number of carbonyl (C=O) groups is 1. The van der Waals surface area contributed by atoms with E-state index in [9.17, 15) is 9.90 Å². The van der Waals surface area contributed by atoms with Crippen molar-refractivity contribution in [1.82, 2.24) is 9.80 Å². The van der Waals surface area contributed by atoms with Gasteiger partial charge in [0, 0.05) is 32.7 Å². The zero-order valence-electron chi connectivity index (χ0n) is 14.4. The predicted octanol–water partition coefficient (Wildman–Crippen LogP) is 1.79. The summed E-state index contributed by atoms with van der Waals surface area (Å²) in [6.07, 6.45) is -0.560. The van der Waals surface area contributed by atoms with Crippen LogP contribution in [0.2, 0.25) is 0 Å². The van der Waals surface area contributed by atoms with Crippen LogP contribution in [0, 0.1) is 6.92 Å². The molecule has 1 saturated heterocycles. The van der Waals surface area contributed by atoms with Crippen molar-refractivity contribution in [3.8, 4) is 5.75 Å². The van der Waals surface area contributed by atoms with Crippen LogP contribution < -0.4 is 4.74 Å². The van der Waals surface area contributed by atoms with Gasteiger partial charge in [0.25, 0.3) is 5.91 Å². The SMILES string of the molecule is Cc1ccc(C(=O)N2CCN(CC(O)COc3ccccc3)CC2)o1. The lowest BCUT2D eigenvalue weighted by Crippen LogP contribution is -2.50. The van der Waals surface area contributed by atoms with Crippen molar-refractivity contribution in [1.29, 1.82) is 0 Å². The number of ether oxygens (including phenoxy) is 1. The van der Waals surface area contributed by atoms with Crippen molar-refractivity contribution in [3.63, 3.8) is 0 Å². The molecular weight excluding hydrogens is 320 g/mol. The van der Waals surface area contributed by atoms with Gasteiger partial charge in [-0.3, -0.25) is 9.69 Å². The first-order valence-electron chi connectivity index (χ1n) is 8.56. The number of aliphatic hydroxyl groups is 1. The summed E-state index contributed by atoms with van der Waals surface area (Å²) < 4.78 is 11.0. The molecule has 1 aliphatic heterocycles. The number of benzene rings is 1. The number of nitrogens with zero attached hydrogens (tertiary/aromatic N) is 2. The van der Waals surface area contributed by atoms with E-state index in [1.54, 1.807) is 17.0 Å². The molecular formula is C19H24N2O4. The quantitative estimate of drug-likeness (QED) is 0.865. The van der Waals surface area contributed by atoms with Crippen LogP contribution >= 0.6 is 0 Å². The molecule has 25 heavy (non-hydrogen) atoms. The number of β-amino-alcohol motifs (C(OH)–C–C–N with tert-alkyl or cyclic N) is 1. The van der Waals surface area contributed by atoms with Crippen molar-refractivity contribution in [2.24, 2.45) is 0 Å². The minimum absolute atomic E-state index is 0.0688. The summed E-state index contributed by atoms with van der Waals surface area (Å²) >= 11 is 0. The highest BCUT2D eigenvalue weighted by Crippen LogP contribution is 2.13. The van der Waals surface area contributed by atoms with E-state index in [1.807, 2.05) is 37.3 Å². The second kappa shape index (κ2) is 8.18. The third-order valence-corrected chi connectivity index (χ3v) is 4.27. The van der Waals surface area contributed by atoms with Gasteiger partial charge in [0.2, 0.25) is 0 Å². The third-order valence-electron chi connectivity index (χ3n) is 4.27. The summed E-state index contributed by atoms with van der Waals surface area (Å²) in [7, 11) is 0. The number of amides is 1. The molecule has 1 aromatic heterocycles. The normalized spacial score (nSPS) is 16.6. The molecule has 0 aliphatic carbocycles. The Kier molecular flexibility index (Phi) is 5.73. The Morgan fingerprint density at radius 2 is 1.88 bits per heavy atom. The number of aliphatic hydroxyl groups excluding tert-OH is 1. The van der Waals surface area contributed by atoms with Crippen LogP contribution in [0.15, 0.2) is 46.9 Å². The van der Waals surface area contributed by atoms with Gasteiger partial charge in [-0.15, -0.1) is 0 Å². The molecule has 0 spiro atoms. The van der Waals surface area contributed by atoms with E-state index in [4.69, 9.17) is 9.15 Å². The lowest BCUT2D eigenvalue weighted by Gasteiger charge is -2.35. The summed E-state index contributed by atoms with van der Waals surface area (Å²) in [6.45, 7) is 5.34. The molecule has 1 fully saturated rings. The molecule has 1 aromatic carbocycles. The van der Waals surface area contributed by atoms with E-state index in [2.05, 4.69) is 4.90 Å². The highest BCUT2D eigenvalue weighted by Gasteiger charge is 2.25. The minimum Gasteiger partial charge on any atom is -0.491 e. The zero-order valence-corrected chi connectivity index (χ0v) is 14.4. The van der Waals surface area contributed by atoms with Crippen LogP contribution in [-0.4, -0.2) is 66.2 Å². The first-order valence-corrected chi connectivity index (χ1v) is 8.56. The van der Waals surface area contributed by atoms with Gasteiger partial charge in [-0.05, 0) is 31.2 Å². The van der Waals surface area contributed by atoms with E-state index in [-0.39, 0.29) is 12.5 Å². The highest BCUT2D eigenvalue weighted by molar-refractivity contribution is 5.91. The van der Waals surface area contributed by atoms with E-state index in [0.29, 0.717) is 25.4 Å². The Bertz CT molecular complexity index is 678. The summed E-state index contributed by atoms with van der Waals surface area (Å²) in [6, 6.07) is 13.0. The number of furan rings is 1. The molecule has 1 aliphatic rings. The van der Waals surface area contributed by atoms with E-state index < -0.39 is 6.10 Å². The maximum Gasteiger partial charge on any atom is 0.289 e. The number of hydrogen-bond acceptors (Lipinski definition) is 5. The maximum atomic E-state index is 12.3. The number of rotatable bonds is 6. The highest BCUT2D eigenvalue weighted by atomic mass is 16.5. The smallest absolute Gasteiger partial charge is 0.289 e. The Hall–Kier alpha value is -2.31. The molecule has 3 rings (SSSR count). The fourth-order valence-electron chi connectivity index (χ4n) is 2.90. The number of hydrogen-bond donors (Lipinski definition) is 1. The van der Waals surface area contributed by atoms with Gasteiger partial charge in [0.1, 0.15) is 24.2 Å². The molecule has 0 saturated carbocycles. The van der Waals surface area contributed by atoms with Crippen LogP contribution in [0.25, 0.3) is 0 Å². The lowest BCUT2D eigenvalue weighted by molar-refractivity contribution is 0.0389. The minimum atomic E-state index is -0.560. The summed E-state index contributed by atoms with van der Waals surface area (Å²) in [5, 5.41) is 10.2. The third kappa shape index (κ3) is 4.84. The molecule has 1 N–H and O–H groups in total. The van der Waals surface area contributed by atoms with E-state index in [1.165, 1.54) is 0 Å². The van der Waals surface area contributed by atoms with Crippen molar-refractivity contribution < 1.29 is 19.1 Å². The fourth-order valence-corrected chi connectivity index (χ4v) is 2.90. The summed E-state index contributed by atoms with van der Waals surface area (Å²) in [5.74, 6) is 1.82. The van der Waals surface area contributed by atoms with Gasteiger partial charge < -0.3 is 19.2 Å². The molecule has 6 heteroatoms. The van der Waals surface area contributed by atoms with Gasteiger partial charge in [0.15, 0.2) is 5.76 Å². The first kappa shape index (κ1) is 17.5. The Morgan fingerprint density at radius 3 is 2.52 bits per heavy atom. The molecule has 1 unspecified atom stereocenters. The number of carbonyl (C=O) groups excluding carboxylic acids is 1. The van der Waals surface area contributed by atoms with Crippen molar-refractivity contribution in [2.45, 2.75) is 13.0 Å². The van der Waals surface area contributed by atoms with Gasteiger partial charge in [-0.25, -0.2) is 0 Å². The van der Waals surface area contributed by atoms with Crippen LogP contribution in [0.4, 0.5) is 0 Å². The van der Waals surface area contributed by atoms with Crippen molar-refractivity contribution >= 4 is 5.91 Å². The molecule has 0 bridgehead atoms.